The Kier molecular flexibility index (Phi) is 7.48. The van der Waals surface area contributed by atoms with Crippen LogP contribution in [0.25, 0.3) is 0 Å². The highest BCUT2D eigenvalue weighted by Gasteiger charge is 2.16. The van der Waals surface area contributed by atoms with Crippen molar-refractivity contribution in [3.63, 3.8) is 0 Å². The Morgan fingerprint density at radius 2 is 1.65 bits per heavy atom. The van der Waals surface area contributed by atoms with Crippen LogP contribution >= 0.6 is 0 Å². The van der Waals surface area contributed by atoms with Crippen LogP contribution < -0.4 is 15.5 Å². The third-order valence-corrected chi connectivity index (χ3v) is 4.48. The van der Waals surface area contributed by atoms with Gasteiger partial charge < -0.3 is 10.1 Å². The SMILES string of the molecule is C[C@@H](NC(=O)C(=O)N/N=C\c1ccccc1OCc1ccccc1F)c1ccccc1. The number of para-hydroxylation sites is 1. The Bertz CT molecular complexity index is 1070. The minimum atomic E-state index is -0.885. The Morgan fingerprint density at radius 3 is 2.42 bits per heavy atom. The van der Waals surface area contributed by atoms with E-state index in [1.807, 2.05) is 30.3 Å². The molecule has 3 aromatic rings. The predicted molar refractivity (Wildman–Crippen MR) is 116 cm³/mol. The minimum Gasteiger partial charge on any atom is -0.488 e. The molecule has 0 aliphatic rings. The smallest absolute Gasteiger partial charge is 0.329 e. The van der Waals surface area contributed by atoms with Gasteiger partial charge in [0.25, 0.3) is 0 Å². The Hall–Kier alpha value is -4.00. The molecule has 0 saturated carbocycles. The number of ether oxygens (including phenoxy) is 1. The first-order chi connectivity index (χ1) is 15.0. The molecule has 0 spiro atoms. The number of rotatable bonds is 7. The first-order valence-electron chi connectivity index (χ1n) is 9.68. The quantitative estimate of drug-likeness (QED) is 0.348. The molecular formula is C24H22FN3O3. The fourth-order valence-electron chi connectivity index (χ4n) is 2.79. The van der Waals surface area contributed by atoms with Crippen LogP contribution in [0.2, 0.25) is 0 Å². The number of nitrogens with one attached hydrogen (secondary N) is 2. The van der Waals surface area contributed by atoms with E-state index in [1.54, 1.807) is 49.4 Å². The summed E-state index contributed by atoms with van der Waals surface area (Å²) in [5.74, 6) is -1.57. The van der Waals surface area contributed by atoms with Crippen LogP contribution in [0.5, 0.6) is 5.75 Å². The second-order valence-corrected chi connectivity index (χ2v) is 6.72. The van der Waals surface area contributed by atoms with E-state index in [0.29, 0.717) is 16.9 Å². The second kappa shape index (κ2) is 10.7. The molecule has 7 heteroatoms. The van der Waals surface area contributed by atoms with Crippen molar-refractivity contribution in [2.75, 3.05) is 0 Å². The summed E-state index contributed by atoms with van der Waals surface area (Å²) in [5, 5.41) is 6.45. The van der Waals surface area contributed by atoms with Crippen LogP contribution in [0.15, 0.2) is 84.0 Å². The first-order valence-corrected chi connectivity index (χ1v) is 9.68. The number of nitrogens with zero attached hydrogens (tertiary/aromatic N) is 1. The lowest BCUT2D eigenvalue weighted by molar-refractivity contribution is -0.139. The molecule has 0 unspecified atom stereocenters. The van der Waals surface area contributed by atoms with Crippen molar-refractivity contribution in [2.24, 2.45) is 5.10 Å². The maximum Gasteiger partial charge on any atom is 0.329 e. The van der Waals surface area contributed by atoms with E-state index in [9.17, 15) is 14.0 Å². The summed E-state index contributed by atoms with van der Waals surface area (Å²) in [5.41, 5.74) is 4.07. The lowest BCUT2D eigenvalue weighted by atomic mass is 10.1. The maximum atomic E-state index is 13.8. The molecule has 31 heavy (non-hydrogen) atoms. The van der Waals surface area contributed by atoms with Crippen LogP contribution in [-0.4, -0.2) is 18.0 Å². The molecule has 0 aliphatic carbocycles. The van der Waals surface area contributed by atoms with Crippen LogP contribution in [0.4, 0.5) is 4.39 Å². The topological polar surface area (TPSA) is 79.8 Å². The molecule has 0 radical (unpaired) electrons. The number of hydrazone groups is 1. The van der Waals surface area contributed by atoms with Gasteiger partial charge in [-0.15, -0.1) is 0 Å². The summed E-state index contributed by atoms with van der Waals surface area (Å²) in [6.45, 7) is 1.83. The van der Waals surface area contributed by atoms with Crippen molar-refractivity contribution in [1.82, 2.24) is 10.7 Å². The summed E-state index contributed by atoms with van der Waals surface area (Å²) < 4.78 is 19.5. The van der Waals surface area contributed by atoms with Gasteiger partial charge in [-0.05, 0) is 30.7 Å². The molecule has 2 N–H and O–H groups in total. The van der Waals surface area contributed by atoms with E-state index in [-0.39, 0.29) is 18.5 Å². The summed E-state index contributed by atoms with van der Waals surface area (Å²) >= 11 is 0. The zero-order valence-electron chi connectivity index (χ0n) is 16.9. The van der Waals surface area contributed by atoms with Crippen LogP contribution in [-0.2, 0) is 16.2 Å². The van der Waals surface area contributed by atoms with Gasteiger partial charge in [0.1, 0.15) is 18.2 Å². The van der Waals surface area contributed by atoms with Gasteiger partial charge in [0.05, 0.1) is 12.3 Å². The van der Waals surface area contributed by atoms with Gasteiger partial charge in [-0.1, -0.05) is 60.7 Å². The summed E-state index contributed by atoms with van der Waals surface area (Å²) in [6, 6.07) is 22.3. The highest BCUT2D eigenvalue weighted by Crippen LogP contribution is 2.18. The molecule has 0 fully saturated rings. The third kappa shape index (κ3) is 6.24. The van der Waals surface area contributed by atoms with Gasteiger partial charge >= 0.3 is 11.8 Å². The van der Waals surface area contributed by atoms with Crippen molar-refractivity contribution in [2.45, 2.75) is 19.6 Å². The van der Waals surface area contributed by atoms with Gasteiger partial charge in [0, 0.05) is 11.1 Å². The van der Waals surface area contributed by atoms with Crippen molar-refractivity contribution >= 4 is 18.0 Å². The highest BCUT2D eigenvalue weighted by atomic mass is 19.1. The molecule has 0 heterocycles. The van der Waals surface area contributed by atoms with Crippen LogP contribution in [0.1, 0.15) is 29.7 Å². The third-order valence-electron chi connectivity index (χ3n) is 4.48. The van der Waals surface area contributed by atoms with E-state index in [1.165, 1.54) is 12.3 Å². The predicted octanol–water partition coefficient (Wildman–Crippen LogP) is 3.73. The van der Waals surface area contributed by atoms with E-state index in [4.69, 9.17) is 4.74 Å². The fourth-order valence-corrected chi connectivity index (χ4v) is 2.79. The van der Waals surface area contributed by atoms with Gasteiger partial charge in [-0.25, -0.2) is 9.82 Å². The molecule has 3 aromatic carbocycles. The summed E-state index contributed by atoms with van der Waals surface area (Å²) in [7, 11) is 0. The molecule has 0 bridgehead atoms. The normalized spacial score (nSPS) is 11.7. The fraction of sp³-hybridized carbons (Fsp3) is 0.125. The summed E-state index contributed by atoms with van der Waals surface area (Å²) in [4.78, 5) is 24.1. The number of halogens is 1. The van der Waals surface area contributed by atoms with Crippen molar-refractivity contribution < 1.29 is 18.7 Å². The van der Waals surface area contributed by atoms with Gasteiger partial charge in [0.15, 0.2) is 0 Å². The monoisotopic (exact) mass is 419 g/mol. The zero-order valence-corrected chi connectivity index (χ0v) is 16.9. The van der Waals surface area contributed by atoms with E-state index < -0.39 is 11.8 Å². The average Bonchev–Trinajstić information content (AvgIpc) is 2.79. The molecule has 1 atom stereocenters. The maximum absolute atomic E-state index is 13.8. The first kappa shape index (κ1) is 21.7. The van der Waals surface area contributed by atoms with Crippen LogP contribution in [0.3, 0.4) is 0 Å². The molecular weight excluding hydrogens is 397 g/mol. The number of hydrogen-bond donors (Lipinski definition) is 2. The molecule has 0 aliphatic heterocycles. The number of carbonyl (C=O) groups excluding carboxylic acids is 2. The van der Waals surface area contributed by atoms with E-state index in [2.05, 4.69) is 15.8 Å². The number of amides is 2. The molecule has 0 aromatic heterocycles. The molecule has 2 amide bonds. The number of hydrogen-bond acceptors (Lipinski definition) is 4. The number of carbonyl (C=O) groups is 2. The molecule has 0 saturated heterocycles. The van der Waals surface area contributed by atoms with Gasteiger partial charge in [-0.3, -0.25) is 9.59 Å². The average molecular weight is 419 g/mol. The largest absolute Gasteiger partial charge is 0.488 e. The Morgan fingerprint density at radius 1 is 0.968 bits per heavy atom. The minimum absolute atomic E-state index is 0.0453. The van der Waals surface area contributed by atoms with E-state index in [0.717, 1.165) is 5.56 Å². The van der Waals surface area contributed by atoms with Gasteiger partial charge in [0.2, 0.25) is 0 Å². The van der Waals surface area contributed by atoms with Crippen molar-refractivity contribution in [3.8, 4) is 5.75 Å². The Labute approximate surface area is 179 Å². The lowest BCUT2D eigenvalue weighted by Crippen LogP contribution is -2.39. The standard InChI is InChI=1S/C24H22FN3O3/c1-17(18-9-3-2-4-10-18)27-23(29)24(30)28-26-15-19-11-6-8-14-22(19)31-16-20-12-5-7-13-21(20)25/h2-15,17H,16H2,1H3,(H,27,29)(H,28,30)/b26-15-/t17-/m1/s1. The van der Waals surface area contributed by atoms with Crippen LogP contribution in [0, 0.1) is 5.82 Å². The number of benzene rings is 3. The second-order valence-electron chi connectivity index (χ2n) is 6.72. The van der Waals surface area contributed by atoms with Crippen molar-refractivity contribution in [1.29, 1.82) is 0 Å². The lowest BCUT2D eigenvalue weighted by Gasteiger charge is -2.13. The Balaban J connectivity index is 1.56. The summed E-state index contributed by atoms with van der Waals surface area (Å²) in [6.07, 6.45) is 1.36. The molecule has 6 nitrogen and oxygen atoms in total. The zero-order chi connectivity index (χ0) is 22.1. The van der Waals surface area contributed by atoms with E-state index >= 15 is 0 Å². The van der Waals surface area contributed by atoms with Crippen molar-refractivity contribution in [3.05, 3.63) is 101 Å². The molecule has 158 valence electrons. The highest BCUT2D eigenvalue weighted by molar-refractivity contribution is 6.35. The molecule has 3 rings (SSSR count). The van der Waals surface area contributed by atoms with Gasteiger partial charge in [-0.2, -0.15) is 5.10 Å².